The van der Waals surface area contributed by atoms with Crippen LogP contribution < -0.4 is 5.32 Å². The summed E-state index contributed by atoms with van der Waals surface area (Å²) in [6.07, 6.45) is 3.71. The van der Waals surface area contributed by atoms with E-state index in [2.05, 4.69) is 71.2 Å². The molecule has 1 heteroatoms. The number of nitrogens with one attached hydrogen (secondary N) is 1. The molecule has 0 aliphatic heterocycles. The lowest BCUT2D eigenvalue weighted by Crippen LogP contribution is -2.30. The Morgan fingerprint density at radius 3 is 2.05 bits per heavy atom. The van der Waals surface area contributed by atoms with Gasteiger partial charge in [-0.15, -0.1) is 0 Å². The maximum atomic E-state index is 3.42. The molecule has 0 bridgehead atoms. The fourth-order valence-corrected chi connectivity index (χ4v) is 2.51. The van der Waals surface area contributed by atoms with Crippen LogP contribution in [0.5, 0.6) is 0 Å². The molecular formula is C18H31N. The highest BCUT2D eigenvalue weighted by molar-refractivity contribution is 5.27. The number of hydrogen-bond acceptors (Lipinski definition) is 1. The lowest BCUT2D eigenvalue weighted by Gasteiger charge is -2.20. The minimum absolute atomic E-state index is 0.257. The molecule has 1 unspecified atom stereocenters. The Bertz CT molecular complexity index is 356. The second-order valence-electron chi connectivity index (χ2n) is 6.98. The molecule has 0 saturated carbocycles. The van der Waals surface area contributed by atoms with Crippen molar-refractivity contribution in [2.75, 3.05) is 7.05 Å². The normalized spacial score (nSPS) is 13.8. The molecule has 0 aromatic heterocycles. The Labute approximate surface area is 119 Å². The number of aryl methyl sites for hydroxylation is 1. The fourth-order valence-electron chi connectivity index (χ4n) is 2.51. The minimum atomic E-state index is 0.257. The zero-order valence-electron chi connectivity index (χ0n) is 13.6. The summed E-state index contributed by atoms with van der Waals surface area (Å²) in [5, 5.41) is 3.42. The van der Waals surface area contributed by atoms with Gasteiger partial charge in [-0.25, -0.2) is 0 Å². The molecule has 0 saturated heterocycles. The summed E-state index contributed by atoms with van der Waals surface area (Å²) in [5.74, 6) is 0.716. The molecule has 0 aliphatic rings. The third kappa shape index (κ3) is 5.36. The van der Waals surface area contributed by atoms with Gasteiger partial charge in [0.25, 0.3) is 0 Å². The molecule has 19 heavy (non-hydrogen) atoms. The quantitative estimate of drug-likeness (QED) is 0.792. The molecule has 1 aromatic rings. The molecular weight excluding hydrogens is 230 g/mol. The monoisotopic (exact) mass is 261 g/mol. The highest BCUT2D eigenvalue weighted by Crippen LogP contribution is 2.22. The summed E-state index contributed by atoms with van der Waals surface area (Å²) >= 11 is 0. The summed E-state index contributed by atoms with van der Waals surface area (Å²) in [7, 11) is 2.07. The first kappa shape index (κ1) is 16.2. The first-order valence-electron chi connectivity index (χ1n) is 7.61. The Hall–Kier alpha value is -0.820. The van der Waals surface area contributed by atoms with E-state index < -0.39 is 0 Å². The molecule has 0 fully saturated rings. The second-order valence-corrected chi connectivity index (χ2v) is 6.98. The van der Waals surface area contributed by atoms with Gasteiger partial charge in [-0.05, 0) is 48.8 Å². The molecule has 0 spiro atoms. The SMILES string of the molecule is CNC(CCCc1ccc(C(C)(C)C)cc1)C(C)C. The molecule has 108 valence electrons. The van der Waals surface area contributed by atoms with Crippen LogP contribution in [0, 0.1) is 5.92 Å². The van der Waals surface area contributed by atoms with E-state index in [1.165, 1.54) is 30.4 Å². The third-order valence-electron chi connectivity index (χ3n) is 3.98. The van der Waals surface area contributed by atoms with Crippen molar-refractivity contribution >= 4 is 0 Å². The van der Waals surface area contributed by atoms with Gasteiger partial charge >= 0.3 is 0 Å². The van der Waals surface area contributed by atoms with Crippen LogP contribution in [0.3, 0.4) is 0 Å². The molecule has 1 nitrogen and oxygen atoms in total. The van der Waals surface area contributed by atoms with Crippen LogP contribution in [-0.4, -0.2) is 13.1 Å². The van der Waals surface area contributed by atoms with Crippen LogP contribution in [0.25, 0.3) is 0 Å². The predicted molar refractivity (Wildman–Crippen MR) is 85.8 cm³/mol. The summed E-state index contributed by atoms with van der Waals surface area (Å²) in [6.45, 7) is 11.4. The molecule has 1 rings (SSSR count). The lowest BCUT2D eigenvalue weighted by molar-refractivity contribution is 0.393. The Balaban J connectivity index is 2.46. The summed E-state index contributed by atoms with van der Waals surface area (Å²) in [5.41, 5.74) is 3.14. The van der Waals surface area contributed by atoms with Gasteiger partial charge in [-0.1, -0.05) is 58.9 Å². The lowest BCUT2D eigenvalue weighted by atomic mass is 9.86. The van der Waals surface area contributed by atoms with Gasteiger partial charge in [0, 0.05) is 6.04 Å². The van der Waals surface area contributed by atoms with Gasteiger partial charge < -0.3 is 5.32 Å². The van der Waals surface area contributed by atoms with Crippen molar-refractivity contribution in [3.8, 4) is 0 Å². The van der Waals surface area contributed by atoms with Gasteiger partial charge in [0.05, 0.1) is 0 Å². The standard InChI is InChI=1S/C18H31N/c1-14(2)17(19-6)9-7-8-15-10-12-16(13-11-15)18(3,4)5/h10-14,17,19H,7-9H2,1-6H3. The number of rotatable bonds is 6. The van der Waals surface area contributed by atoms with Crippen molar-refractivity contribution in [1.82, 2.24) is 5.32 Å². The summed E-state index contributed by atoms with van der Waals surface area (Å²) < 4.78 is 0. The van der Waals surface area contributed by atoms with Crippen LogP contribution in [0.15, 0.2) is 24.3 Å². The van der Waals surface area contributed by atoms with E-state index in [1.807, 2.05) is 0 Å². The van der Waals surface area contributed by atoms with E-state index in [-0.39, 0.29) is 5.41 Å². The smallest absolute Gasteiger partial charge is 0.00871 e. The predicted octanol–water partition coefficient (Wildman–Crippen LogP) is 4.55. The van der Waals surface area contributed by atoms with Gasteiger partial charge in [0.1, 0.15) is 0 Å². The molecule has 0 radical (unpaired) electrons. The van der Waals surface area contributed by atoms with Crippen molar-refractivity contribution in [3.05, 3.63) is 35.4 Å². The molecule has 0 amide bonds. The summed E-state index contributed by atoms with van der Waals surface area (Å²) in [4.78, 5) is 0. The molecule has 1 N–H and O–H groups in total. The fraction of sp³-hybridized carbons (Fsp3) is 0.667. The van der Waals surface area contributed by atoms with Crippen LogP contribution in [0.4, 0.5) is 0 Å². The average molecular weight is 261 g/mol. The zero-order valence-corrected chi connectivity index (χ0v) is 13.6. The highest BCUT2D eigenvalue weighted by atomic mass is 14.9. The number of hydrogen-bond donors (Lipinski definition) is 1. The van der Waals surface area contributed by atoms with Crippen LogP contribution in [0.1, 0.15) is 58.6 Å². The topological polar surface area (TPSA) is 12.0 Å². The van der Waals surface area contributed by atoms with Gasteiger partial charge in [-0.3, -0.25) is 0 Å². The van der Waals surface area contributed by atoms with Crippen LogP contribution in [-0.2, 0) is 11.8 Å². The second kappa shape index (κ2) is 7.09. The van der Waals surface area contributed by atoms with Crippen molar-refractivity contribution in [3.63, 3.8) is 0 Å². The van der Waals surface area contributed by atoms with Crippen molar-refractivity contribution < 1.29 is 0 Å². The van der Waals surface area contributed by atoms with E-state index in [0.717, 1.165) is 0 Å². The Morgan fingerprint density at radius 2 is 1.63 bits per heavy atom. The third-order valence-corrected chi connectivity index (χ3v) is 3.98. The first-order chi connectivity index (χ1) is 8.84. The molecule has 0 aliphatic carbocycles. The Morgan fingerprint density at radius 1 is 1.05 bits per heavy atom. The van der Waals surface area contributed by atoms with Crippen molar-refractivity contribution in [1.29, 1.82) is 0 Å². The highest BCUT2D eigenvalue weighted by Gasteiger charge is 2.13. The Kier molecular flexibility index (Phi) is 6.06. The first-order valence-corrected chi connectivity index (χ1v) is 7.61. The maximum absolute atomic E-state index is 3.42. The summed E-state index contributed by atoms with van der Waals surface area (Å²) in [6, 6.07) is 9.81. The molecule has 1 atom stereocenters. The van der Waals surface area contributed by atoms with E-state index in [1.54, 1.807) is 0 Å². The number of benzene rings is 1. The van der Waals surface area contributed by atoms with Gasteiger partial charge in [0.15, 0.2) is 0 Å². The molecule has 0 heterocycles. The van der Waals surface area contributed by atoms with Gasteiger partial charge in [0.2, 0.25) is 0 Å². The van der Waals surface area contributed by atoms with Crippen molar-refractivity contribution in [2.45, 2.75) is 65.3 Å². The zero-order chi connectivity index (χ0) is 14.5. The molecule has 1 aromatic carbocycles. The van der Waals surface area contributed by atoms with E-state index in [9.17, 15) is 0 Å². The van der Waals surface area contributed by atoms with E-state index in [0.29, 0.717) is 12.0 Å². The average Bonchev–Trinajstić information content (AvgIpc) is 2.33. The van der Waals surface area contributed by atoms with E-state index >= 15 is 0 Å². The maximum Gasteiger partial charge on any atom is 0.00871 e. The van der Waals surface area contributed by atoms with E-state index in [4.69, 9.17) is 0 Å². The van der Waals surface area contributed by atoms with Crippen LogP contribution in [0.2, 0.25) is 0 Å². The van der Waals surface area contributed by atoms with Crippen molar-refractivity contribution in [2.24, 2.45) is 5.92 Å². The minimum Gasteiger partial charge on any atom is -0.317 e. The largest absolute Gasteiger partial charge is 0.317 e. The van der Waals surface area contributed by atoms with Gasteiger partial charge in [-0.2, -0.15) is 0 Å². The van der Waals surface area contributed by atoms with Crippen LogP contribution >= 0.6 is 0 Å².